The zero-order chi connectivity index (χ0) is 22.3. The van der Waals surface area contributed by atoms with Crippen molar-refractivity contribution in [3.63, 3.8) is 0 Å². The number of ketones is 1. The molecule has 0 saturated heterocycles. The van der Waals surface area contributed by atoms with E-state index in [4.69, 9.17) is 9.47 Å². The van der Waals surface area contributed by atoms with Crippen molar-refractivity contribution >= 4 is 5.78 Å². The topological polar surface area (TPSA) is 64.6 Å². The number of ether oxygens (including phenoxy) is 2. The molecule has 1 aliphatic heterocycles. The van der Waals surface area contributed by atoms with Gasteiger partial charge in [-0.05, 0) is 63.3 Å². The Labute approximate surface area is 193 Å². The summed E-state index contributed by atoms with van der Waals surface area (Å²) in [6, 6.07) is 0.429. The van der Waals surface area contributed by atoms with Crippen LogP contribution in [0.5, 0.6) is 11.9 Å². The molecule has 1 aromatic rings. The van der Waals surface area contributed by atoms with Crippen LogP contribution in [0.1, 0.15) is 88.8 Å². The quantitative estimate of drug-likeness (QED) is 0.536. The lowest BCUT2D eigenvalue weighted by atomic mass is 9.78. The van der Waals surface area contributed by atoms with Crippen LogP contribution in [0.15, 0.2) is 0 Å². The first kappa shape index (κ1) is 23.5. The molecule has 3 aliphatic rings. The minimum absolute atomic E-state index is 0.348. The lowest BCUT2D eigenvalue weighted by Crippen LogP contribution is -2.34. The largest absolute Gasteiger partial charge is 0.477 e. The van der Waals surface area contributed by atoms with E-state index in [1.807, 2.05) is 0 Å². The number of carbonyl (C=O) groups is 1. The molecule has 6 nitrogen and oxygen atoms in total. The molecule has 32 heavy (non-hydrogen) atoms. The van der Waals surface area contributed by atoms with E-state index in [9.17, 15) is 4.79 Å². The summed E-state index contributed by atoms with van der Waals surface area (Å²) in [5.41, 5.74) is 2.26. The number of rotatable bonds is 9. The lowest BCUT2D eigenvalue weighted by Gasteiger charge is -2.32. The fraction of sp³-hybridized carbons (Fsp3) is 0.808. The summed E-state index contributed by atoms with van der Waals surface area (Å²) in [5.74, 6) is 3.17. The monoisotopic (exact) mass is 443 g/mol. The highest BCUT2D eigenvalue weighted by atomic mass is 16.5. The second-order valence-electron chi connectivity index (χ2n) is 10.4. The van der Waals surface area contributed by atoms with Gasteiger partial charge >= 0.3 is 6.01 Å². The van der Waals surface area contributed by atoms with Crippen molar-refractivity contribution in [1.82, 2.24) is 14.9 Å². The molecule has 2 saturated carbocycles. The fourth-order valence-corrected chi connectivity index (χ4v) is 5.87. The van der Waals surface area contributed by atoms with Crippen LogP contribution in [0.2, 0.25) is 0 Å². The lowest BCUT2D eigenvalue weighted by molar-refractivity contribution is -0.118. The van der Waals surface area contributed by atoms with Gasteiger partial charge in [0.25, 0.3) is 0 Å². The van der Waals surface area contributed by atoms with E-state index in [1.165, 1.54) is 64.2 Å². The van der Waals surface area contributed by atoms with Crippen molar-refractivity contribution in [3.8, 4) is 11.9 Å². The van der Waals surface area contributed by atoms with Gasteiger partial charge < -0.3 is 14.3 Å². The Hall–Kier alpha value is -1.69. The number of nitrogens with zero attached hydrogens (tertiary/aromatic N) is 3. The Morgan fingerprint density at radius 2 is 1.75 bits per heavy atom. The van der Waals surface area contributed by atoms with Gasteiger partial charge in [-0.3, -0.25) is 4.90 Å². The first-order valence-electron chi connectivity index (χ1n) is 12.9. The Balaban J connectivity index is 1.31. The summed E-state index contributed by atoms with van der Waals surface area (Å²) >= 11 is 0. The number of hydrogen-bond donors (Lipinski definition) is 0. The molecule has 0 bridgehead atoms. The number of methoxy groups -OCH3 is 1. The molecule has 2 fully saturated rings. The highest BCUT2D eigenvalue weighted by Crippen LogP contribution is 2.34. The van der Waals surface area contributed by atoms with E-state index in [2.05, 4.69) is 14.9 Å². The van der Waals surface area contributed by atoms with Crippen molar-refractivity contribution in [2.75, 3.05) is 26.8 Å². The summed E-state index contributed by atoms with van der Waals surface area (Å²) in [7, 11) is 1.63. The molecule has 178 valence electrons. The van der Waals surface area contributed by atoms with Crippen molar-refractivity contribution in [1.29, 1.82) is 0 Å². The van der Waals surface area contributed by atoms with Crippen LogP contribution >= 0.6 is 0 Å². The number of fused-ring (bicyclic) bond motifs is 1. The Morgan fingerprint density at radius 3 is 2.47 bits per heavy atom. The maximum absolute atomic E-state index is 11.4. The number of carbonyl (C=O) groups excluding carboxylic acids is 1. The van der Waals surface area contributed by atoms with Gasteiger partial charge in [0.2, 0.25) is 5.88 Å². The highest BCUT2D eigenvalue weighted by Gasteiger charge is 2.27. The van der Waals surface area contributed by atoms with E-state index in [0.29, 0.717) is 23.6 Å². The minimum Gasteiger partial charge on any atom is -0.477 e. The molecule has 6 heteroatoms. The van der Waals surface area contributed by atoms with Crippen LogP contribution in [0, 0.1) is 17.8 Å². The molecule has 1 aromatic heterocycles. The third-order valence-electron chi connectivity index (χ3n) is 7.84. The smallest absolute Gasteiger partial charge is 0.319 e. The SMILES string of the molecule is COc1nc2c(c(OCC3CCCCC3)n1)CN(CCC1CCC(CC(C)=O)CC1)CC2. The van der Waals surface area contributed by atoms with E-state index in [-0.39, 0.29) is 0 Å². The maximum atomic E-state index is 11.4. The molecule has 0 N–H and O–H groups in total. The summed E-state index contributed by atoms with van der Waals surface area (Å²) in [5, 5.41) is 0. The highest BCUT2D eigenvalue weighted by molar-refractivity contribution is 5.75. The summed E-state index contributed by atoms with van der Waals surface area (Å²) < 4.78 is 11.6. The zero-order valence-corrected chi connectivity index (χ0v) is 20.1. The van der Waals surface area contributed by atoms with Crippen LogP contribution in [0.25, 0.3) is 0 Å². The molecule has 0 spiro atoms. The van der Waals surface area contributed by atoms with E-state index in [0.717, 1.165) is 62.1 Å². The fourth-order valence-electron chi connectivity index (χ4n) is 5.87. The van der Waals surface area contributed by atoms with Gasteiger partial charge in [0.15, 0.2) is 0 Å². The average molecular weight is 444 g/mol. The summed E-state index contributed by atoms with van der Waals surface area (Å²) in [4.78, 5) is 23.2. The van der Waals surface area contributed by atoms with E-state index >= 15 is 0 Å². The van der Waals surface area contributed by atoms with Crippen LogP contribution in [-0.2, 0) is 17.8 Å². The number of aromatic nitrogens is 2. The second kappa shape index (κ2) is 11.4. The molecule has 2 heterocycles. The Kier molecular flexibility index (Phi) is 8.39. The number of Topliss-reactive ketones (excluding diaryl/α,β-unsaturated/α-hetero) is 1. The van der Waals surface area contributed by atoms with Gasteiger partial charge in [0.1, 0.15) is 5.78 Å². The van der Waals surface area contributed by atoms with Gasteiger partial charge in [-0.1, -0.05) is 32.1 Å². The van der Waals surface area contributed by atoms with Crippen LogP contribution in [-0.4, -0.2) is 47.5 Å². The standard InChI is InChI=1S/C26H41N3O3/c1-19(30)16-21-10-8-20(9-11-21)12-14-29-15-13-24-23(17-29)25(28-26(27-24)31-2)32-18-22-6-4-3-5-7-22/h20-22H,3-18H2,1-2H3. The third kappa shape index (κ3) is 6.43. The van der Waals surface area contributed by atoms with Crippen LogP contribution in [0.4, 0.5) is 0 Å². The molecular weight excluding hydrogens is 402 g/mol. The molecular formula is C26H41N3O3. The van der Waals surface area contributed by atoms with Gasteiger partial charge in [0.05, 0.1) is 25.0 Å². The van der Waals surface area contributed by atoms with Gasteiger partial charge in [-0.15, -0.1) is 0 Å². The maximum Gasteiger partial charge on any atom is 0.319 e. The zero-order valence-electron chi connectivity index (χ0n) is 20.1. The second-order valence-corrected chi connectivity index (χ2v) is 10.4. The number of hydrogen-bond acceptors (Lipinski definition) is 6. The van der Waals surface area contributed by atoms with Crippen molar-refractivity contribution in [3.05, 3.63) is 11.3 Å². The van der Waals surface area contributed by atoms with Gasteiger partial charge in [0, 0.05) is 25.9 Å². The Morgan fingerprint density at radius 1 is 1.00 bits per heavy atom. The van der Waals surface area contributed by atoms with Crippen molar-refractivity contribution in [2.45, 2.75) is 90.5 Å². The van der Waals surface area contributed by atoms with Crippen LogP contribution in [0.3, 0.4) is 0 Å². The molecule has 0 aromatic carbocycles. The normalized spacial score (nSPS) is 24.7. The van der Waals surface area contributed by atoms with Gasteiger partial charge in [-0.25, -0.2) is 0 Å². The average Bonchev–Trinajstić information content (AvgIpc) is 2.82. The predicted octanol–water partition coefficient (Wildman–Crippen LogP) is 4.98. The minimum atomic E-state index is 0.348. The van der Waals surface area contributed by atoms with Gasteiger partial charge in [-0.2, -0.15) is 9.97 Å². The first-order chi connectivity index (χ1) is 15.6. The molecule has 0 radical (unpaired) electrons. The van der Waals surface area contributed by atoms with Crippen molar-refractivity contribution in [2.24, 2.45) is 17.8 Å². The summed E-state index contributed by atoms with van der Waals surface area (Å²) in [6.45, 7) is 5.52. The predicted molar refractivity (Wildman–Crippen MR) is 125 cm³/mol. The molecule has 0 atom stereocenters. The van der Waals surface area contributed by atoms with Crippen molar-refractivity contribution < 1.29 is 14.3 Å². The molecule has 4 rings (SSSR count). The molecule has 2 aliphatic carbocycles. The summed E-state index contributed by atoms with van der Waals surface area (Å²) in [6.07, 6.45) is 14.5. The van der Waals surface area contributed by atoms with Crippen LogP contribution < -0.4 is 9.47 Å². The third-order valence-corrected chi connectivity index (χ3v) is 7.84. The van der Waals surface area contributed by atoms with E-state index in [1.54, 1.807) is 14.0 Å². The molecule has 0 unspecified atom stereocenters. The van der Waals surface area contributed by atoms with E-state index < -0.39 is 0 Å². The molecule has 0 amide bonds. The first-order valence-corrected chi connectivity index (χ1v) is 12.9. The Bertz CT molecular complexity index is 755.